The standard InChI is InChI=1S/C24H17Cl3N2O4/c25-16-6-3-12(4-7-16)19(30)11-28(22(31)15-5-8-17(26)18(27)10-15)29-23(32)20-13-1-2-14(9-13)21(20)24(29)33/h1-8,10,13-14,20-21H,9,11H2/t13-,14-,20-,21+/m0/s1. The Bertz CT molecular complexity index is 1200. The third-order valence-corrected chi connectivity index (χ3v) is 7.54. The van der Waals surface area contributed by atoms with E-state index in [1.165, 1.54) is 30.3 Å². The second kappa shape index (κ2) is 8.28. The number of ketones is 1. The van der Waals surface area contributed by atoms with E-state index in [0.29, 0.717) is 10.6 Å². The van der Waals surface area contributed by atoms with Crippen LogP contribution in [0.2, 0.25) is 15.1 Å². The maximum atomic E-state index is 13.5. The van der Waals surface area contributed by atoms with E-state index in [9.17, 15) is 19.2 Å². The highest BCUT2D eigenvalue weighted by molar-refractivity contribution is 6.42. The van der Waals surface area contributed by atoms with Gasteiger partial charge in [0, 0.05) is 16.1 Å². The normalized spacial score (nSPS) is 25.0. The minimum atomic E-state index is -0.696. The Balaban J connectivity index is 1.51. The molecule has 33 heavy (non-hydrogen) atoms. The zero-order valence-electron chi connectivity index (χ0n) is 17.1. The number of carbonyl (C=O) groups is 4. The fourth-order valence-electron chi connectivity index (χ4n) is 5.00. The van der Waals surface area contributed by atoms with E-state index in [1.54, 1.807) is 12.1 Å². The number of fused-ring (bicyclic) bond motifs is 5. The lowest BCUT2D eigenvalue weighted by atomic mass is 9.85. The van der Waals surface area contributed by atoms with Crippen molar-refractivity contribution in [1.82, 2.24) is 10.0 Å². The molecule has 3 aliphatic rings. The average molecular weight is 504 g/mol. The van der Waals surface area contributed by atoms with Gasteiger partial charge >= 0.3 is 0 Å². The van der Waals surface area contributed by atoms with Crippen molar-refractivity contribution in [3.8, 4) is 0 Å². The van der Waals surface area contributed by atoms with Crippen molar-refractivity contribution in [2.45, 2.75) is 6.42 Å². The molecule has 5 rings (SSSR count). The van der Waals surface area contributed by atoms with Crippen LogP contribution in [0.5, 0.6) is 0 Å². The van der Waals surface area contributed by atoms with Crippen LogP contribution < -0.4 is 0 Å². The van der Waals surface area contributed by atoms with Crippen LogP contribution in [0, 0.1) is 23.7 Å². The first-order valence-electron chi connectivity index (χ1n) is 10.4. The smallest absolute Gasteiger partial charge is 0.273 e. The second-order valence-corrected chi connectivity index (χ2v) is 9.66. The molecule has 1 saturated heterocycles. The molecule has 6 nitrogen and oxygen atoms in total. The number of Topliss-reactive ketones (excluding diaryl/α,β-unsaturated/α-hetero) is 1. The first-order chi connectivity index (χ1) is 15.8. The summed E-state index contributed by atoms with van der Waals surface area (Å²) in [6, 6.07) is 10.4. The lowest BCUT2D eigenvalue weighted by molar-refractivity contribution is -0.154. The number of allylic oxidation sites excluding steroid dienone is 2. The highest BCUT2D eigenvalue weighted by Gasteiger charge is 2.61. The summed E-state index contributed by atoms with van der Waals surface area (Å²) in [6.07, 6.45) is 4.68. The molecule has 2 fully saturated rings. The number of hydrogen-bond acceptors (Lipinski definition) is 4. The van der Waals surface area contributed by atoms with E-state index in [1.807, 2.05) is 12.2 Å². The highest BCUT2D eigenvalue weighted by Crippen LogP contribution is 2.52. The Morgan fingerprint density at radius 3 is 2.00 bits per heavy atom. The van der Waals surface area contributed by atoms with E-state index >= 15 is 0 Å². The monoisotopic (exact) mass is 502 g/mol. The number of halogens is 3. The second-order valence-electron chi connectivity index (χ2n) is 8.41. The van der Waals surface area contributed by atoms with Gasteiger partial charge in [0.1, 0.15) is 6.54 Å². The predicted octanol–water partition coefficient (Wildman–Crippen LogP) is 4.69. The molecule has 2 aliphatic carbocycles. The van der Waals surface area contributed by atoms with Crippen LogP contribution >= 0.6 is 34.8 Å². The molecule has 2 bridgehead atoms. The van der Waals surface area contributed by atoms with Gasteiger partial charge in [-0.1, -0.05) is 47.0 Å². The maximum Gasteiger partial charge on any atom is 0.273 e. The van der Waals surface area contributed by atoms with Crippen LogP contribution in [0.3, 0.4) is 0 Å². The van der Waals surface area contributed by atoms with Gasteiger partial charge in [0.25, 0.3) is 17.7 Å². The Kier molecular flexibility index (Phi) is 5.55. The molecule has 2 aromatic carbocycles. The molecule has 0 radical (unpaired) electrons. The molecular formula is C24H17Cl3N2O4. The number of imide groups is 1. The van der Waals surface area contributed by atoms with E-state index in [2.05, 4.69) is 0 Å². The molecule has 0 spiro atoms. The quantitative estimate of drug-likeness (QED) is 0.337. The van der Waals surface area contributed by atoms with Gasteiger partial charge in [0.15, 0.2) is 5.78 Å². The molecule has 1 saturated carbocycles. The molecule has 0 unspecified atom stereocenters. The van der Waals surface area contributed by atoms with Gasteiger partial charge in [-0.15, -0.1) is 0 Å². The summed E-state index contributed by atoms with van der Waals surface area (Å²) in [5, 5.41) is 2.64. The molecule has 3 amide bonds. The lowest BCUT2D eigenvalue weighted by Gasteiger charge is -2.31. The summed E-state index contributed by atoms with van der Waals surface area (Å²) in [5.74, 6) is -3.15. The fraction of sp³-hybridized carbons (Fsp3) is 0.250. The Labute approximate surface area is 204 Å². The number of hydrazine groups is 1. The van der Waals surface area contributed by atoms with Gasteiger partial charge in [-0.25, -0.2) is 5.01 Å². The Morgan fingerprint density at radius 2 is 1.42 bits per heavy atom. The molecule has 2 aromatic rings. The van der Waals surface area contributed by atoms with Crippen LogP contribution in [-0.4, -0.2) is 40.1 Å². The van der Waals surface area contributed by atoms with E-state index in [4.69, 9.17) is 34.8 Å². The molecule has 0 N–H and O–H groups in total. The van der Waals surface area contributed by atoms with Crippen molar-refractivity contribution >= 4 is 58.3 Å². The molecule has 0 aromatic heterocycles. The number of benzene rings is 2. The summed E-state index contributed by atoms with van der Waals surface area (Å²) >= 11 is 18.0. The zero-order valence-corrected chi connectivity index (χ0v) is 19.3. The maximum absolute atomic E-state index is 13.5. The van der Waals surface area contributed by atoms with Crippen LogP contribution in [0.25, 0.3) is 0 Å². The summed E-state index contributed by atoms with van der Waals surface area (Å²) < 4.78 is 0. The van der Waals surface area contributed by atoms with Crippen LogP contribution in [0.15, 0.2) is 54.6 Å². The van der Waals surface area contributed by atoms with Crippen molar-refractivity contribution in [3.05, 3.63) is 80.8 Å². The molecule has 1 aliphatic heterocycles. The van der Waals surface area contributed by atoms with E-state index in [-0.39, 0.29) is 27.4 Å². The van der Waals surface area contributed by atoms with Gasteiger partial charge in [0.05, 0.1) is 21.9 Å². The van der Waals surface area contributed by atoms with Gasteiger partial charge in [-0.3, -0.25) is 19.2 Å². The third-order valence-electron chi connectivity index (χ3n) is 6.55. The minimum absolute atomic E-state index is 0.0321. The first-order valence-corrected chi connectivity index (χ1v) is 11.5. The van der Waals surface area contributed by atoms with Gasteiger partial charge in [0.2, 0.25) is 0 Å². The lowest BCUT2D eigenvalue weighted by Crippen LogP contribution is -2.52. The summed E-state index contributed by atoms with van der Waals surface area (Å²) in [7, 11) is 0. The van der Waals surface area contributed by atoms with Crippen LogP contribution in [0.1, 0.15) is 27.1 Å². The fourth-order valence-corrected chi connectivity index (χ4v) is 5.42. The van der Waals surface area contributed by atoms with Crippen LogP contribution in [0.4, 0.5) is 0 Å². The topological polar surface area (TPSA) is 74.8 Å². The highest BCUT2D eigenvalue weighted by atomic mass is 35.5. The molecule has 9 heteroatoms. The summed E-state index contributed by atoms with van der Waals surface area (Å²) in [5.41, 5.74) is 0.402. The van der Waals surface area contributed by atoms with Crippen molar-refractivity contribution in [2.24, 2.45) is 23.7 Å². The van der Waals surface area contributed by atoms with Crippen molar-refractivity contribution < 1.29 is 19.2 Å². The van der Waals surface area contributed by atoms with Gasteiger partial charge < -0.3 is 0 Å². The number of rotatable bonds is 5. The number of amides is 3. The summed E-state index contributed by atoms with van der Waals surface area (Å²) in [4.78, 5) is 53.2. The van der Waals surface area contributed by atoms with E-state index in [0.717, 1.165) is 16.4 Å². The molecule has 4 atom stereocenters. The minimum Gasteiger partial charge on any atom is -0.292 e. The number of nitrogens with zero attached hydrogens (tertiary/aromatic N) is 2. The number of carbonyl (C=O) groups excluding carboxylic acids is 4. The number of hydrogen-bond donors (Lipinski definition) is 0. The molecule has 168 valence electrons. The van der Waals surface area contributed by atoms with Crippen molar-refractivity contribution in [3.63, 3.8) is 0 Å². The van der Waals surface area contributed by atoms with Crippen molar-refractivity contribution in [2.75, 3.05) is 6.54 Å². The SMILES string of the molecule is O=C(CN(C(=O)c1ccc(Cl)c(Cl)c1)N1C(=O)[C@@H]2[C@H](C1=O)[C@H]1C=C[C@H]2C1)c1ccc(Cl)cc1. The zero-order chi connectivity index (χ0) is 23.4. The van der Waals surface area contributed by atoms with Gasteiger partial charge in [-0.2, -0.15) is 5.01 Å². The van der Waals surface area contributed by atoms with Crippen LogP contribution in [-0.2, 0) is 9.59 Å². The first kappa shape index (κ1) is 22.1. The largest absolute Gasteiger partial charge is 0.292 e. The molecule has 1 heterocycles. The van der Waals surface area contributed by atoms with E-state index < -0.39 is 41.9 Å². The summed E-state index contributed by atoms with van der Waals surface area (Å²) in [6.45, 7) is -0.500. The Hall–Kier alpha value is -2.67. The average Bonchev–Trinajstić information content (AvgIpc) is 3.48. The third kappa shape index (κ3) is 3.66. The van der Waals surface area contributed by atoms with Gasteiger partial charge in [-0.05, 0) is 60.7 Å². The van der Waals surface area contributed by atoms with Crippen molar-refractivity contribution in [1.29, 1.82) is 0 Å². The predicted molar refractivity (Wildman–Crippen MR) is 123 cm³/mol. The molecular weight excluding hydrogens is 487 g/mol. The Morgan fingerprint density at radius 1 is 0.848 bits per heavy atom.